The zero-order chi connectivity index (χ0) is 28.0. The van der Waals surface area contributed by atoms with Crippen molar-refractivity contribution in [1.82, 2.24) is 20.8 Å². The van der Waals surface area contributed by atoms with Crippen LogP contribution in [0.25, 0.3) is 0 Å². The van der Waals surface area contributed by atoms with Crippen LogP contribution in [0.5, 0.6) is 5.88 Å². The number of hydrogen-bond acceptors (Lipinski definition) is 9. The van der Waals surface area contributed by atoms with Crippen LogP contribution in [0, 0.1) is 0 Å². The molecule has 0 unspecified atom stereocenters. The average molecular weight is 536 g/mol. The third kappa shape index (κ3) is 7.20. The SMILES string of the molecule is CC(C)c1[nH]nc(O[C@@H]2O[C@H](CO)[C@@H](O)[C@H](O)[C@H]2O)c1Cc1ccc(CCNC(=O)N[C@@H](C)C(N)=O)cc1. The molecule has 6 atom stereocenters. The molecule has 9 N–H and O–H groups in total. The van der Waals surface area contributed by atoms with Crippen LogP contribution >= 0.6 is 0 Å². The van der Waals surface area contributed by atoms with Crippen molar-refractivity contribution >= 4 is 11.9 Å². The van der Waals surface area contributed by atoms with Gasteiger partial charge >= 0.3 is 6.03 Å². The highest BCUT2D eigenvalue weighted by Gasteiger charge is 2.45. The van der Waals surface area contributed by atoms with E-state index in [-0.39, 0.29) is 11.8 Å². The van der Waals surface area contributed by atoms with Gasteiger partial charge in [0.1, 0.15) is 30.5 Å². The molecule has 1 aromatic carbocycles. The molecule has 0 radical (unpaired) electrons. The minimum atomic E-state index is -1.56. The van der Waals surface area contributed by atoms with Crippen LogP contribution in [-0.4, -0.2) is 92.5 Å². The number of nitrogens with two attached hydrogens (primary N) is 1. The Hall–Kier alpha value is -3.23. The van der Waals surface area contributed by atoms with Crippen molar-refractivity contribution in [2.45, 2.75) is 76.3 Å². The number of ether oxygens (including phenoxy) is 2. The lowest BCUT2D eigenvalue weighted by Crippen LogP contribution is -2.60. The standard InChI is InChI=1S/C25H37N5O8/c1-12(2)18-16(23(30-29-18)38-24-21(34)20(33)19(32)17(11-31)37-24)10-15-6-4-14(5-7-15)8-9-27-25(36)28-13(3)22(26)35/h4-7,12-13,17,19-21,24,31-34H,8-11H2,1-3H3,(H2,26,35)(H,29,30)(H2,27,28,36)/t13-,17+,19+,20-,21+,24-/m0/s1. The molecular weight excluding hydrogens is 498 g/mol. The maximum atomic E-state index is 11.8. The zero-order valence-electron chi connectivity index (χ0n) is 21.6. The van der Waals surface area contributed by atoms with Gasteiger partial charge in [-0.05, 0) is 30.4 Å². The fourth-order valence-electron chi connectivity index (χ4n) is 4.05. The van der Waals surface area contributed by atoms with E-state index < -0.39 is 55.3 Å². The molecule has 13 heteroatoms. The maximum Gasteiger partial charge on any atom is 0.315 e. The minimum Gasteiger partial charge on any atom is -0.443 e. The van der Waals surface area contributed by atoms with Gasteiger partial charge in [0.2, 0.25) is 18.1 Å². The number of rotatable bonds is 11. The van der Waals surface area contributed by atoms with Gasteiger partial charge in [-0.1, -0.05) is 38.1 Å². The first kappa shape index (κ1) is 29.3. The number of benzene rings is 1. The van der Waals surface area contributed by atoms with Crippen LogP contribution in [0.1, 0.15) is 49.1 Å². The molecule has 0 aliphatic carbocycles. The van der Waals surface area contributed by atoms with E-state index in [0.717, 1.165) is 22.4 Å². The predicted octanol–water partition coefficient (Wildman–Crippen LogP) is -0.982. The van der Waals surface area contributed by atoms with Gasteiger partial charge in [-0.2, -0.15) is 0 Å². The largest absolute Gasteiger partial charge is 0.443 e. The molecule has 1 aliphatic rings. The number of carbonyl (C=O) groups is 2. The van der Waals surface area contributed by atoms with Gasteiger partial charge in [-0.25, -0.2) is 4.79 Å². The Kier molecular flexibility index (Phi) is 10.1. The summed E-state index contributed by atoms with van der Waals surface area (Å²) in [6.45, 7) is 5.29. The number of H-pyrrole nitrogens is 1. The van der Waals surface area contributed by atoms with Gasteiger partial charge in [0, 0.05) is 24.2 Å². The molecule has 1 aliphatic heterocycles. The molecule has 38 heavy (non-hydrogen) atoms. The Bertz CT molecular complexity index is 1070. The highest BCUT2D eigenvalue weighted by Crippen LogP contribution is 2.31. The van der Waals surface area contributed by atoms with Gasteiger partial charge in [0.15, 0.2) is 0 Å². The van der Waals surface area contributed by atoms with Crippen LogP contribution in [0.2, 0.25) is 0 Å². The first-order valence-electron chi connectivity index (χ1n) is 12.5. The number of nitrogens with one attached hydrogen (secondary N) is 3. The molecule has 13 nitrogen and oxygen atoms in total. The number of hydrogen-bond donors (Lipinski definition) is 8. The Morgan fingerprint density at radius 2 is 1.76 bits per heavy atom. The number of aliphatic hydroxyl groups is 4. The number of urea groups is 1. The lowest BCUT2D eigenvalue weighted by atomic mass is 9.98. The highest BCUT2D eigenvalue weighted by atomic mass is 16.7. The lowest BCUT2D eigenvalue weighted by Gasteiger charge is -2.39. The number of aliphatic hydroxyl groups excluding tert-OH is 4. The molecule has 3 amide bonds. The maximum absolute atomic E-state index is 11.8. The van der Waals surface area contributed by atoms with E-state index in [1.54, 1.807) is 0 Å². The van der Waals surface area contributed by atoms with Crippen molar-refractivity contribution in [2.24, 2.45) is 5.73 Å². The molecular formula is C25H37N5O8. The monoisotopic (exact) mass is 535 g/mol. The molecule has 2 heterocycles. The first-order valence-corrected chi connectivity index (χ1v) is 12.5. The Morgan fingerprint density at radius 1 is 1.11 bits per heavy atom. The third-order valence-electron chi connectivity index (χ3n) is 6.39. The highest BCUT2D eigenvalue weighted by molar-refractivity contribution is 5.85. The molecule has 210 valence electrons. The van der Waals surface area contributed by atoms with Gasteiger partial charge in [-0.15, -0.1) is 5.10 Å². The van der Waals surface area contributed by atoms with Crippen molar-refractivity contribution in [3.8, 4) is 5.88 Å². The normalized spacial score (nSPS) is 24.2. The van der Waals surface area contributed by atoms with E-state index in [9.17, 15) is 30.0 Å². The number of aromatic nitrogens is 2. The molecule has 0 saturated carbocycles. The van der Waals surface area contributed by atoms with E-state index >= 15 is 0 Å². The topological polar surface area (TPSA) is 212 Å². The van der Waals surface area contributed by atoms with E-state index in [0.29, 0.717) is 19.4 Å². The molecule has 1 aromatic heterocycles. The number of primary amides is 1. The number of carbonyl (C=O) groups excluding carboxylic acids is 2. The lowest BCUT2D eigenvalue weighted by molar-refractivity contribution is -0.278. The number of aromatic amines is 1. The third-order valence-corrected chi connectivity index (χ3v) is 6.39. The van der Waals surface area contributed by atoms with Crippen molar-refractivity contribution in [1.29, 1.82) is 0 Å². The van der Waals surface area contributed by atoms with Crippen molar-refractivity contribution in [3.63, 3.8) is 0 Å². The van der Waals surface area contributed by atoms with E-state index in [1.165, 1.54) is 6.92 Å². The second-order valence-corrected chi connectivity index (χ2v) is 9.66. The van der Waals surface area contributed by atoms with E-state index in [1.807, 2.05) is 38.1 Å². The van der Waals surface area contributed by atoms with Gasteiger partial charge in [0.05, 0.1) is 6.61 Å². The van der Waals surface area contributed by atoms with Crippen molar-refractivity contribution < 1.29 is 39.5 Å². The molecule has 1 saturated heterocycles. The molecule has 3 rings (SSSR count). The summed E-state index contributed by atoms with van der Waals surface area (Å²) in [6.07, 6.45) is -6.00. The average Bonchev–Trinajstić information content (AvgIpc) is 3.27. The summed E-state index contributed by atoms with van der Waals surface area (Å²) in [5.74, 6) is -0.350. The summed E-state index contributed by atoms with van der Waals surface area (Å²) in [7, 11) is 0. The molecule has 2 aromatic rings. The summed E-state index contributed by atoms with van der Waals surface area (Å²) in [6, 6.07) is 6.53. The van der Waals surface area contributed by atoms with Crippen LogP contribution in [0.4, 0.5) is 4.79 Å². The molecule has 0 bridgehead atoms. The minimum absolute atomic E-state index is 0.0819. The second kappa shape index (κ2) is 13.0. The fourth-order valence-corrected chi connectivity index (χ4v) is 4.05. The molecule has 0 spiro atoms. The fraction of sp³-hybridized carbons (Fsp3) is 0.560. The summed E-state index contributed by atoms with van der Waals surface area (Å²) < 4.78 is 11.3. The summed E-state index contributed by atoms with van der Waals surface area (Å²) in [5.41, 5.74) is 8.65. The summed E-state index contributed by atoms with van der Waals surface area (Å²) in [5, 5.41) is 52.2. The summed E-state index contributed by atoms with van der Waals surface area (Å²) >= 11 is 0. The Morgan fingerprint density at radius 3 is 2.37 bits per heavy atom. The van der Waals surface area contributed by atoms with Crippen LogP contribution in [-0.2, 0) is 22.4 Å². The predicted molar refractivity (Wildman–Crippen MR) is 135 cm³/mol. The smallest absolute Gasteiger partial charge is 0.315 e. The van der Waals surface area contributed by atoms with Gasteiger partial charge in [-0.3, -0.25) is 9.89 Å². The zero-order valence-corrected chi connectivity index (χ0v) is 21.6. The quantitative estimate of drug-likeness (QED) is 0.177. The second-order valence-electron chi connectivity index (χ2n) is 9.66. The number of amides is 3. The van der Waals surface area contributed by atoms with Crippen LogP contribution in [0.3, 0.4) is 0 Å². The van der Waals surface area contributed by atoms with Gasteiger partial charge in [0.25, 0.3) is 0 Å². The van der Waals surface area contributed by atoms with E-state index in [2.05, 4.69) is 20.8 Å². The van der Waals surface area contributed by atoms with Crippen LogP contribution in [0.15, 0.2) is 24.3 Å². The number of nitrogens with zero attached hydrogens (tertiary/aromatic N) is 1. The summed E-state index contributed by atoms with van der Waals surface area (Å²) in [4.78, 5) is 22.9. The molecule has 1 fully saturated rings. The Labute approximate surface area is 220 Å². The van der Waals surface area contributed by atoms with Crippen LogP contribution < -0.4 is 21.1 Å². The van der Waals surface area contributed by atoms with Crippen molar-refractivity contribution in [3.05, 3.63) is 46.6 Å². The van der Waals surface area contributed by atoms with E-state index in [4.69, 9.17) is 15.2 Å². The van der Waals surface area contributed by atoms with Gasteiger partial charge < -0.3 is 46.3 Å². The van der Waals surface area contributed by atoms with Crippen molar-refractivity contribution in [2.75, 3.05) is 13.2 Å². The Balaban J connectivity index is 1.65. The first-order chi connectivity index (χ1) is 18.0.